The van der Waals surface area contributed by atoms with Gasteiger partial charge in [0.25, 0.3) is 5.56 Å². The molecule has 4 N–H and O–H groups in total. The van der Waals surface area contributed by atoms with Crippen molar-refractivity contribution in [3.8, 4) is 12.3 Å². The molecule has 3 atom stereocenters. The molecule has 0 aromatic carbocycles. The molecular formula is C12H15FN2O10P2. The van der Waals surface area contributed by atoms with Gasteiger partial charge in [-0.15, -0.1) is 6.42 Å². The van der Waals surface area contributed by atoms with Crippen LogP contribution in [0.15, 0.2) is 15.8 Å². The standard InChI is InChI=1S/C12H15FN2O10P2/c1-3-8-6-15(10(17)14-9(8)16)11(2)4-5-12(13,24-11)7-23-27(21,22)25-26(18,19)20/h1,6H,4-5,7H2,2H3,(H,21,22)(H,14,16,17)(H2,18,19,20)/t11-,12+/m1/s1. The number of aromatic nitrogens is 2. The first kappa shape index (κ1) is 21.7. The highest BCUT2D eigenvalue weighted by Gasteiger charge is 2.50. The van der Waals surface area contributed by atoms with Crippen LogP contribution < -0.4 is 11.2 Å². The van der Waals surface area contributed by atoms with Gasteiger partial charge in [-0.3, -0.25) is 18.9 Å². The van der Waals surface area contributed by atoms with Crippen LogP contribution in [0.5, 0.6) is 0 Å². The van der Waals surface area contributed by atoms with Crippen LogP contribution in [0.25, 0.3) is 0 Å². The number of halogens is 1. The van der Waals surface area contributed by atoms with Crippen LogP contribution >= 0.6 is 15.6 Å². The fraction of sp³-hybridized carbons (Fsp3) is 0.500. The van der Waals surface area contributed by atoms with Crippen LogP contribution in [0.4, 0.5) is 4.39 Å². The van der Waals surface area contributed by atoms with E-state index < -0.39 is 51.5 Å². The zero-order valence-corrected chi connectivity index (χ0v) is 15.5. The molecule has 0 saturated carbocycles. The average Bonchev–Trinajstić information content (AvgIpc) is 2.80. The Balaban J connectivity index is 2.21. The number of hydrogen-bond acceptors (Lipinski definition) is 7. The Morgan fingerprint density at radius 3 is 2.59 bits per heavy atom. The molecule has 1 aliphatic heterocycles. The summed E-state index contributed by atoms with van der Waals surface area (Å²) in [5, 5.41) is 0. The van der Waals surface area contributed by atoms with E-state index in [9.17, 15) is 28.0 Å². The predicted molar refractivity (Wildman–Crippen MR) is 86.0 cm³/mol. The predicted octanol–water partition coefficient (Wildman–Crippen LogP) is -0.107. The van der Waals surface area contributed by atoms with Crippen molar-refractivity contribution in [2.45, 2.75) is 31.3 Å². The molecule has 12 nitrogen and oxygen atoms in total. The topological polar surface area (TPSA) is 177 Å². The zero-order valence-electron chi connectivity index (χ0n) is 13.7. The lowest BCUT2D eigenvalue weighted by atomic mass is 10.1. The minimum Gasteiger partial charge on any atom is -0.317 e. The normalized spacial score (nSPS) is 27.9. The zero-order chi connectivity index (χ0) is 20.7. The molecule has 15 heteroatoms. The summed E-state index contributed by atoms with van der Waals surface area (Å²) in [6, 6.07) is 0. The van der Waals surface area contributed by atoms with E-state index in [2.05, 4.69) is 14.8 Å². The van der Waals surface area contributed by atoms with E-state index in [4.69, 9.17) is 20.9 Å². The van der Waals surface area contributed by atoms with Crippen LogP contribution in [-0.4, -0.2) is 36.7 Å². The van der Waals surface area contributed by atoms with E-state index in [-0.39, 0.29) is 12.0 Å². The first-order valence-corrected chi connectivity index (χ1v) is 10.2. The van der Waals surface area contributed by atoms with Crippen molar-refractivity contribution in [2.24, 2.45) is 0 Å². The molecule has 0 amide bonds. The van der Waals surface area contributed by atoms with E-state index in [0.29, 0.717) is 0 Å². The van der Waals surface area contributed by atoms with Gasteiger partial charge in [-0.25, -0.2) is 18.3 Å². The quantitative estimate of drug-likeness (QED) is 0.353. The Kier molecular flexibility index (Phi) is 5.69. The molecule has 1 saturated heterocycles. The largest absolute Gasteiger partial charge is 0.481 e. The molecule has 0 radical (unpaired) electrons. The van der Waals surface area contributed by atoms with Crippen LogP contribution in [0.1, 0.15) is 25.3 Å². The first-order valence-electron chi connectivity index (χ1n) is 7.15. The highest BCUT2D eigenvalue weighted by Crippen LogP contribution is 2.58. The number of nitrogens with one attached hydrogen (secondary N) is 1. The molecule has 1 unspecified atom stereocenters. The van der Waals surface area contributed by atoms with Gasteiger partial charge in [0.05, 0.1) is 0 Å². The summed E-state index contributed by atoms with van der Waals surface area (Å²) in [5.74, 6) is -0.644. The lowest BCUT2D eigenvalue weighted by Gasteiger charge is -2.29. The molecule has 0 spiro atoms. The highest BCUT2D eigenvalue weighted by molar-refractivity contribution is 7.60. The van der Waals surface area contributed by atoms with Gasteiger partial charge >= 0.3 is 21.3 Å². The Morgan fingerprint density at radius 2 is 2.04 bits per heavy atom. The van der Waals surface area contributed by atoms with Crippen molar-refractivity contribution >= 4 is 15.6 Å². The van der Waals surface area contributed by atoms with Gasteiger partial charge in [-0.1, -0.05) is 5.92 Å². The van der Waals surface area contributed by atoms with Crippen LogP contribution in [-0.2, 0) is 28.4 Å². The molecule has 1 aromatic heterocycles. The van der Waals surface area contributed by atoms with Crippen molar-refractivity contribution in [3.63, 3.8) is 0 Å². The summed E-state index contributed by atoms with van der Waals surface area (Å²) in [5.41, 5.74) is -3.58. The van der Waals surface area contributed by atoms with Crippen LogP contribution in [0.3, 0.4) is 0 Å². The Hall–Kier alpha value is -1.61. The van der Waals surface area contributed by atoms with E-state index in [1.165, 1.54) is 6.92 Å². The number of aromatic amines is 1. The van der Waals surface area contributed by atoms with E-state index in [0.717, 1.165) is 10.8 Å². The Morgan fingerprint density at radius 1 is 1.41 bits per heavy atom. The van der Waals surface area contributed by atoms with Crippen molar-refractivity contribution in [1.29, 1.82) is 0 Å². The van der Waals surface area contributed by atoms with E-state index in [1.54, 1.807) is 0 Å². The maximum Gasteiger partial charge on any atom is 0.481 e. The van der Waals surface area contributed by atoms with Crippen molar-refractivity contribution < 1.29 is 41.8 Å². The summed E-state index contributed by atoms with van der Waals surface area (Å²) < 4.78 is 50.6. The second-order valence-corrected chi connectivity index (χ2v) is 8.62. The summed E-state index contributed by atoms with van der Waals surface area (Å²) in [7, 11) is -10.6. The maximum atomic E-state index is 14.8. The van der Waals surface area contributed by atoms with Crippen molar-refractivity contribution in [1.82, 2.24) is 9.55 Å². The smallest absolute Gasteiger partial charge is 0.317 e. The van der Waals surface area contributed by atoms with Gasteiger partial charge in [-0.2, -0.15) is 4.31 Å². The highest BCUT2D eigenvalue weighted by atomic mass is 31.3. The SMILES string of the molecule is C#Cc1cn([C@@]2(C)CC[C@@](F)(COP(=O)(O)OP(=O)(O)O)O2)c(=O)[nH]c1=O. The Labute approximate surface area is 150 Å². The summed E-state index contributed by atoms with van der Waals surface area (Å²) >= 11 is 0. The van der Waals surface area contributed by atoms with Crippen LogP contribution in [0.2, 0.25) is 0 Å². The molecule has 0 bridgehead atoms. The minimum absolute atomic E-state index is 0.127. The van der Waals surface area contributed by atoms with Crippen molar-refractivity contribution in [2.75, 3.05) is 6.61 Å². The summed E-state index contributed by atoms with van der Waals surface area (Å²) in [4.78, 5) is 51.7. The van der Waals surface area contributed by atoms with Gasteiger partial charge in [0.15, 0.2) is 0 Å². The lowest BCUT2D eigenvalue weighted by molar-refractivity contribution is -0.216. The molecular weight excluding hydrogens is 413 g/mol. The van der Waals surface area contributed by atoms with Gasteiger partial charge in [0.1, 0.15) is 17.9 Å². The number of phosphoric acid groups is 2. The number of ether oxygens (including phenoxy) is 1. The second-order valence-electron chi connectivity index (χ2n) is 5.79. The molecule has 1 aliphatic rings. The Bertz CT molecular complexity index is 993. The number of H-pyrrole nitrogens is 1. The number of alkyl halides is 1. The number of phosphoric ester groups is 1. The lowest BCUT2D eigenvalue weighted by Crippen LogP contribution is -2.44. The molecule has 150 valence electrons. The third-order valence-corrected chi connectivity index (χ3v) is 5.76. The average molecular weight is 428 g/mol. The second kappa shape index (κ2) is 7.09. The molecule has 27 heavy (non-hydrogen) atoms. The van der Waals surface area contributed by atoms with Gasteiger partial charge in [0.2, 0.25) is 5.85 Å². The number of terminal acetylenes is 1. The monoisotopic (exact) mass is 428 g/mol. The van der Waals surface area contributed by atoms with Crippen LogP contribution in [0, 0.1) is 12.3 Å². The van der Waals surface area contributed by atoms with E-state index in [1.807, 2.05) is 4.98 Å². The summed E-state index contributed by atoms with van der Waals surface area (Å²) in [6.07, 6.45) is 5.61. The van der Waals surface area contributed by atoms with E-state index >= 15 is 0 Å². The number of hydrogen-bond donors (Lipinski definition) is 4. The molecule has 1 aromatic rings. The third-order valence-electron chi connectivity index (χ3n) is 3.62. The fourth-order valence-corrected chi connectivity index (χ4v) is 4.07. The first-order chi connectivity index (χ1) is 12.2. The van der Waals surface area contributed by atoms with Gasteiger partial charge < -0.3 is 19.4 Å². The fourth-order valence-electron chi connectivity index (χ4n) is 2.45. The number of rotatable bonds is 6. The van der Waals surface area contributed by atoms with Gasteiger partial charge in [-0.05, 0) is 6.92 Å². The van der Waals surface area contributed by atoms with Crippen molar-refractivity contribution in [3.05, 3.63) is 32.6 Å². The third kappa shape index (κ3) is 5.22. The molecule has 0 aliphatic carbocycles. The molecule has 1 fully saturated rings. The number of nitrogens with zero attached hydrogens (tertiary/aromatic N) is 1. The van der Waals surface area contributed by atoms with Gasteiger partial charge in [0, 0.05) is 19.0 Å². The summed E-state index contributed by atoms with van der Waals surface area (Å²) in [6.45, 7) is 0.0789. The molecule has 2 rings (SSSR count). The minimum atomic E-state index is -5.36. The maximum absolute atomic E-state index is 14.8. The molecule has 2 heterocycles.